The minimum absolute atomic E-state index is 0.0316. The molecule has 1 nitrogen and oxygen atoms in total. The fraction of sp³-hybridized carbons (Fsp3) is 0.692. The topological polar surface area (TPSA) is 20.2 Å². The van der Waals surface area contributed by atoms with Gasteiger partial charge in [0.05, 0.1) is 6.10 Å². The molecular formula is C26H35FO. The number of hydrogen-bond acceptors (Lipinski definition) is 1. The Morgan fingerprint density at radius 1 is 0.964 bits per heavy atom. The van der Waals surface area contributed by atoms with Crippen molar-refractivity contribution in [2.45, 2.75) is 77.7 Å². The summed E-state index contributed by atoms with van der Waals surface area (Å²) in [4.78, 5) is 0. The summed E-state index contributed by atoms with van der Waals surface area (Å²) in [5.74, 6) is 2.85. The largest absolute Gasteiger partial charge is 0.388 e. The molecule has 0 aromatic heterocycles. The van der Waals surface area contributed by atoms with Crippen molar-refractivity contribution < 1.29 is 9.50 Å². The summed E-state index contributed by atoms with van der Waals surface area (Å²) in [7, 11) is 0. The lowest BCUT2D eigenvalue weighted by atomic mass is 9.45. The first kappa shape index (κ1) is 18.9. The Hall–Kier alpha value is -1.15. The summed E-state index contributed by atoms with van der Waals surface area (Å²) < 4.78 is 14.2. The Balaban J connectivity index is 1.47. The summed E-state index contributed by atoms with van der Waals surface area (Å²) >= 11 is 0. The van der Waals surface area contributed by atoms with Crippen molar-refractivity contribution in [1.29, 1.82) is 0 Å². The molecule has 4 saturated carbocycles. The lowest BCUT2D eigenvalue weighted by molar-refractivity contribution is -0.119. The van der Waals surface area contributed by atoms with Gasteiger partial charge in [-0.3, -0.25) is 0 Å². The van der Waals surface area contributed by atoms with E-state index in [9.17, 15) is 9.50 Å². The van der Waals surface area contributed by atoms with E-state index in [1.165, 1.54) is 51.0 Å². The van der Waals surface area contributed by atoms with Gasteiger partial charge in [0.25, 0.3) is 0 Å². The van der Waals surface area contributed by atoms with Gasteiger partial charge in [0.1, 0.15) is 5.82 Å². The van der Waals surface area contributed by atoms with E-state index in [0.29, 0.717) is 16.9 Å². The van der Waals surface area contributed by atoms with Crippen molar-refractivity contribution in [3.05, 3.63) is 41.2 Å². The zero-order chi connectivity index (χ0) is 19.5. The van der Waals surface area contributed by atoms with E-state index >= 15 is 0 Å². The van der Waals surface area contributed by atoms with Gasteiger partial charge >= 0.3 is 0 Å². The van der Waals surface area contributed by atoms with Crippen molar-refractivity contribution in [2.24, 2.45) is 34.5 Å². The lowest BCUT2D eigenvalue weighted by Crippen LogP contribution is -2.53. The molecule has 2 heteroatoms. The SMILES string of the molecule is C[C@]12CC[C@H]3[C@@H](CC[C@H]4CCCC[C@@]43C)[C@H]1C/C(=C\c1ccccc1F)[C@@H]2O. The van der Waals surface area contributed by atoms with E-state index in [0.717, 1.165) is 36.2 Å². The van der Waals surface area contributed by atoms with E-state index in [1.54, 1.807) is 6.07 Å². The van der Waals surface area contributed by atoms with E-state index in [2.05, 4.69) is 13.8 Å². The predicted molar refractivity (Wildman–Crippen MR) is 112 cm³/mol. The highest BCUT2D eigenvalue weighted by molar-refractivity contribution is 5.56. The molecule has 0 radical (unpaired) electrons. The third kappa shape index (κ3) is 2.66. The van der Waals surface area contributed by atoms with Gasteiger partial charge in [-0.2, -0.15) is 0 Å². The van der Waals surface area contributed by atoms with E-state index < -0.39 is 6.10 Å². The second-order valence-electron chi connectivity index (χ2n) is 10.8. The number of fused-ring (bicyclic) bond motifs is 5. The highest BCUT2D eigenvalue weighted by Crippen LogP contribution is 2.67. The molecular weight excluding hydrogens is 347 g/mol. The van der Waals surface area contributed by atoms with Gasteiger partial charge in [-0.25, -0.2) is 4.39 Å². The number of aliphatic hydroxyl groups is 1. The molecule has 1 N–H and O–H groups in total. The maximum absolute atomic E-state index is 14.2. The van der Waals surface area contributed by atoms with Crippen LogP contribution in [-0.4, -0.2) is 11.2 Å². The quantitative estimate of drug-likeness (QED) is 0.579. The second kappa shape index (κ2) is 6.69. The van der Waals surface area contributed by atoms with Crippen LogP contribution in [0.4, 0.5) is 4.39 Å². The number of halogens is 1. The molecule has 152 valence electrons. The van der Waals surface area contributed by atoms with Crippen LogP contribution in [0.1, 0.15) is 77.2 Å². The van der Waals surface area contributed by atoms with E-state index in [1.807, 2.05) is 18.2 Å². The van der Waals surface area contributed by atoms with Crippen molar-refractivity contribution in [3.8, 4) is 0 Å². The zero-order valence-corrected chi connectivity index (χ0v) is 17.5. The van der Waals surface area contributed by atoms with Gasteiger partial charge in [0, 0.05) is 11.0 Å². The number of benzene rings is 1. The van der Waals surface area contributed by atoms with Crippen LogP contribution in [-0.2, 0) is 0 Å². The molecule has 0 amide bonds. The van der Waals surface area contributed by atoms with Crippen molar-refractivity contribution in [1.82, 2.24) is 0 Å². The van der Waals surface area contributed by atoms with Crippen LogP contribution >= 0.6 is 0 Å². The Bertz CT molecular complexity index is 784. The van der Waals surface area contributed by atoms with Crippen molar-refractivity contribution in [2.75, 3.05) is 0 Å². The highest BCUT2D eigenvalue weighted by Gasteiger charge is 2.60. The molecule has 7 atom stereocenters. The van der Waals surface area contributed by atoms with Crippen molar-refractivity contribution in [3.63, 3.8) is 0 Å². The standard InChI is InChI=1S/C26H35FO/c1-25-13-6-5-8-19(25)10-11-20-21(25)12-14-26(2)22(20)16-18(24(26)28)15-17-7-3-4-9-23(17)27/h3-4,7,9,15,19-22,24,28H,5-6,8,10-14,16H2,1-2H3/b18-15+/t19-,20-,21+,22-,24+,25+,26+/m1/s1. The van der Waals surface area contributed by atoms with Gasteiger partial charge in [0.2, 0.25) is 0 Å². The van der Waals surface area contributed by atoms with Crippen LogP contribution < -0.4 is 0 Å². The van der Waals surface area contributed by atoms with Crippen LogP contribution in [0.15, 0.2) is 29.8 Å². The molecule has 0 heterocycles. The second-order valence-corrected chi connectivity index (χ2v) is 10.8. The smallest absolute Gasteiger partial charge is 0.130 e. The summed E-state index contributed by atoms with van der Waals surface area (Å²) in [6.07, 6.45) is 13.3. The first-order valence-corrected chi connectivity index (χ1v) is 11.6. The van der Waals surface area contributed by atoms with E-state index in [4.69, 9.17) is 0 Å². The molecule has 0 bridgehead atoms. The van der Waals surface area contributed by atoms with Gasteiger partial charge in [-0.1, -0.05) is 51.0 Å². The minimum atomic E-state index is -0.421. The molecule has 4 aliphatic rings. The molecule has 5 rings (SSSR count). The van der Waals surface area contributed by atoms with Crippen LogP contribution in [0.5, 0.6) is 0 Å². The molecule has 0 spiro atoms. The Morgan fingerprint density at radius 2 is 1.79 bits per heavy atom. The van der Waals surface area contributed by atoms with Crippen molar-refractivity contribution >= 4 is 6.08 Å². The summed E-state index contributed by atoms with van der Waals surface area (Å²) in [5, 5.41) is 11.3. The number of hydrogen-bond donors (Lipinski definition) is 1. The lowest BCUT2D eigenvalue weighted by Gasteiger charge is -2.60. The molecule has 1 aromatic carbocycles. The summed E-state index contributed by atoms with van der Waals surface area (Å²) in [6, 6.07) is 6.96. The zero-order valence-electron chi connectivity index (χ0n) is 17.5. The normalized spacial score (nSPS) is 46.7. The summed E-state index contributed by atoms with van der Waals surface area (Å²) in [6.45, 7) is 4.91. The average Bonchev–Trinajstić information content (AvgIpc) is 2.94. The van der Waals surface area contributed by atoms with Gasteiger partial charge in [-0.15, -0.1) is 0 Å². The van der Waals surface area contributed by atoms with Crippen LogP contribution in [0, 0.1) is 40.3 Å². The molecule has 0 aliphatic heterocycles. The molecule has 28 heavy (non-hydrogen) atoms. The molecule has 1 aromatic rings. The van der Waals surface area contributed by atoms with Crippen LogP contribution in [0.25, 0.3) is 6.08 Å². The number of aliphatic hydroxyl groups excluding tert-OH is 1. The summed E-state index contributed by atoms with van der Waals surface area (Å²) in [5.41, 5.74) is 2.18. The fourth-order valence-corrected chi connectivity index (χ4v) is 8.09. The first-order valence-electron chi connectivity index (χ1n) is 11.6. The van der Waals surface area contributed by atoms with Gasteiger partial charge < -0.3 is 5.11 Å². The van der Waals surface area contributed by atoms with Gasteiger partial charge in [-0.05, 0) is 85.7 Å². The van der Waals surface area contributed by atoms with E-state index in [-0.39, 0.29) is 11.2 Å². The Labute approximate surface area is 169 Å². The van der Waals surface area contributed by atoms with Crippen LogP contribution in [0.2, 0.25) is 0 Å². The molecule has 4 aliphatic carbocycles. The predicted octanol–water partition coefficient (Wildman–Crippen LogP) is 6.61. The highest BCUT2D eigenvalue weighted by atomic mass is 19.1. The maximum atomic E-state index is 14.2. The average molecular weight is 383 g/mol. The first-order chi connectivity index (χ1) is 13.4. The monoisotopic (exact) mass is 382 g/mol. The molecule has 0 unspecified atom stereocenters. The maximum Gasteiger partial charge on any atom is 0.130 e. The fourth-order valence-electron chi connectivity index (χ4n) is 8.09. The Kier molecular flexibility index (Phi) is 4.50. The van der Waals surface area contributed by atoms with Crippen LogP contribution in [0.3, 0.4) is 0 Å². The van der Waals surface area contributed by atoms with Gasteiger partial charge in [0.15, 0.2) is 0 Å². The third-order valence-electron chi connectivity index (χ3n) is 9.70. The molecule has 0 saturated heterocycles. The molecule has 4 fully saturated rings. The Morgan fingerprint density at radius 3 is 2.61 bits per heavy atom. The third-order valence-corrected chi connectivity index (χ3v) is 9.70. The number of rotatable bonds is 1. The minimum Gasteiger partial charge on any atom is -0.388 e.